The van der Waals surface area contributed by atoms with Crippen molar-refractivity contribution in [2.75, 3.05) is 16.8 Å². The highest BCUT2D eigenvalue weighted by molar-refractivity contribution is 8.00. The summed E-state index contributed by atoms with van der Waals surface area (Å²) in [6.45, 7) is 1.51. The number of ketones is 1. The van der Waals surface area contributed by atoms with E-state index in [-0.39, 0.29) is 11.7 Å². The summed E-state index contributed by atoms with van der Waals surface area (Å²) in [6.07, 6.45) is 4.09. The van der Waals surface area contributed by atoms with Gasteiger partial charge < -0.3 is 5.32 Å². The number of hydrogen-bond donors (Lipinski definition) is 1. The van der Waals surface area contributed by atoms with Crippen LogP contribution in [0.1, 0.15) is 22.8 Å². The van der Waals surface area contributed by atoms with Gasteiger partial charge in [0.15, 0.2) is 5.78 Å². The minimum atomic E-state index is -0.0659. The molecule has 23 heavy (non-hydrogen) atoms. The molecular formula is C19H19NO2S. The smallest absolute Gasteiger partial charge is 0.234 e. The van der Waals surface area contributed by atoms with Crippen molar-refractivity contribution in [1.29, 1.82) is 0 Å². The maximum absolute atomic E-state index is 11.9. The average molecular weight is 325 g/mol. The van der Waals surface area contributed by atoms with E-state index in [0.29, 0.717) is 17.0 Å². The Morgan fingerprint density at radius 3 is 2.61 bits per heavy atom. The first-order valence-corrected chi connectivity index (χ1v) is 8.51. The zero-order chi connectivity index (χ0) is 16.5. The quantitative estimate of drug-likeness (QED) is 0.611. The van der Waals surface area contributed by atoms with Crippen molar-refractivity contribution in [3.8, 4) is 0 Å². The fourth-order valence-corrected chi connectivity index (χ4v) is 2.59. The van der Waals surface area contributed by atoms with Crippen molar-refractivity contribution in [3.05, 3.63) is 71.8 Å². The number of rotatable bonds is 7. The molecule has 2 rings (SSSR count). The molecule has 4 heteroatoms. The Labute approximate surface area is 140 Å². The standard InChI is InChI=1S/C19H19NO2S/c1-15(21)17-10-5-11-18(13-17)20-19(22)14-23-12-6-9-16-7-3-2-4-8-16/h2-11,13H,12,14H2,1H3,(H,20,22)/b9-6+. The highest BCUT2D eigenvalue weighted by Crippen LogP contribution is 2.12. The first-order valence-electron chi connectivity index (χ1n) is 7.35. The molecule has 0 atom stereocenters. The molecule has 0 radical (unpaired) electrons. The summed E-state index contributed by atoms with van der Waals surface area (Å²) in [5.41, 5.74) is 2.41. The van der Waals surface area contributed by atoms with Crippen LogP contribution in [0.25, 0.3) is 6.08 Å². The number of carbonyl (C=O) groups excluding carboxylic acids is 2. The zero-order valence-corrected chi connectivity index (χ0v) is 13.8. The van der Waals surface area contributed by atoms with E-state index >= 15 is 0 Å². The Kier molecular flexibility index (Phi) is 6.63. The Balaban J connectivity index is 1.74. The fourth-order valence-electron chi connectivity index (χ4n) is 1.98. The Hall–Kier alpha value is -2.33. The van der Waals surface area contributed by atoms with E-state index in [0.717, 1.165) is 11.3 Å². The molecule has 0 spiro atoms. The highest BCUT2D eigenvalue weighted by atomic mass is 32.2. The number of Topliss-reactive ketones (excluding diaryl/α,β-unsaturated/α-hetero) is 1. The van der Waals surface area contributed by atoms with E-state index in [1.807, 2.05) is 42.5 Å². The van der Waals surface area contributed by atoms with Gasteiger partial charge in [-0.15, -0.1) is 11.8 Å². The van der Waals surface area contributed by atoms with E-state index in [1.165, 1.54) is 6.92 Å². The number of nitrogens with one attached hydrogen (secondary N) is 1. The van der Waals surface area contributed by atoms with Gasteiger partial charge in [-0.2, -0.15) is 0 Å². The SMILES string of the molecule is CC(=O)c1cccc(NC(=O)CSC/C=C/c2ccccc2)c1. The molecule has 0 aliphatic heterocycles. The van der Waals surface area contributed by atoms with Crippen LogP contribution in [0.15, 0.2) is 60.7 Å². The molecule has 0 saturated carbocycles. The number of benzene rings is 2. The van der Waals surface area contributed by atoms with Crippen molar-refractivity contribution in [2.45, 2.75) is 6.92 Å². The second kappa shape index (κ2) is 8.96. The maximum atomic E-state index is 11.9. The molecule has 0 bridgehead atoms. The molecule has 0 heterocycles. The van der Waals surface area contributed by atoms with Gasteiger partial charge >= 0.3 is 0 Å². The van der Waals surface area contributed by atoms with Gasteiger partial charge in [-0.1, -0.05) is 54.6 Å². The molecule has 3 nitrogen and oxygen atoms in total. The molecule has 2 aromatic rings. The van der Waals surface area contributed by atoms with E-state index in [1.54, 1.807) is 36.0 Å². The molecule has 0 aromatic heterocycles. The molecule has 1 amide bonds. The Morgan fingerprint density at radius 1 is 1.09 bits per heavy atom. The Morgan fingerprint density at radius 2 is 1.87 bits per heavy atom. The molecule has 0 fully saturated rings. The van der Waals surface area contributed by atoms with Gasteiger partial charge in [-0.05, 0) is 24.6 Å². The molecular weight excluding hydrogens is 306 g/mol. The van der Waals surface area contributed by atoms with Crippen molar-refractivity contribution >= 4 is 35.2 Å². The van der Waals surface area contributed by atoms with Crippen LogP contribution < -0.4 is 5.32 Å². The minimum Gasteiger partial charge on any atom is -0.325 e. The average Bonchev–Trinajstić information content (AvgIpc) is 2.55. The normalized spacial score (nSPS) is 10.7. The molecule has 118 valence electrons. The van der Waals surface area contributed by atoms with Gasteiger partial charge in [-0.25, -0.2) is 0 Å². The third-order valence-electron chi connectivity index (χ3n) is 3.11. The zero-order valence-electron chi connectivity index (χ0n) is 13.0. The molecule has 1 N–H and O–H groups in total. The molecule has 2 aromatic carbocycles. The topological polar surface area (TPSA) is 46.2 Å². The van der Waals surface area contributed by atoms with Crippen LogP contribution in [0.3, 0.4) is 0 Å². The third kappa shape index (κ3) is 6.12. The number of amides is 1. The van der Waals surface area contributed by atoms with Gasteiger partial charge in [0.05, 0.1) is 5.75 Å². The van der Waals surface area contributed by atoms with Crippen LogP contribution >= 0.6 is 11.8 Å². The van der Waals surface area contributed by atoms with E-state index < -0.39 is 0 Å². The maximum Gasteiger partial charge on any atom is 0.234 e. The lowest BCUT2D eigenvalue weighted by Crippen LogP contribution is -2.14. The van der Waals surface area contributed by atoms with Crippen LogP contribution in [-0.4, -0.2) is 23.2 Å². The summed E-state index contributed by atoms with van der Waals surface area (Å²) < 4.78 is 0. The first-order chi connectivity index (χ1) is 11.1. The lowest BCUT2D eigenvalue weighted by Gasteiger charge is -2.05. The summed E-state index contributed by atoms with van der Waals surface area (Å²) in [5, 5.41) is 2.81. The summed E-state index contributed by atoms with van der Waals surface area (Å²) in [4.78, 5) is 23.2. The first kappa shape index (κ1) is 17.0. The molecule has 0 unspecified atom stereocenters. The summed E-state index contributed by atoms with van der Waals surface area (Å²) >= 11 is 1.54. The number of thioether (sulfide) groups is 1. The van der Waals surface area contributed by atoms with Gasteiger partial charge in [0, 0.05) is 17.0 Å². The van der Waals surface area contributed by atoms with Gasteiger partial charge in [0.1, 0.15) is 0 Å². The summed E-state index contributed by atoms with van der Waals surface area (Å²) in [7, 11) is 0. The van der Waals surface area contributed by atoms with Crippen LogP contribution in [0.5, 0.6) is 0 Å². The molecule has 0 saturated heterocycles. The Bertz CT molecular complexity index is 696. The van der Waals surface area contributed by atoms with Crippen molar-refractivity contribution < 1.29 is 9.59 Å². The lowest BCUT2D eigenvalue weighted by molar-refractivity contribution is -0.113. The summed E-state index contributed by atoms with van der Waals surface area (Å²) in [6, 6.07) is 17.0. The van der Waals surface area contributed by atoms with Crippen LogP contribution in [0.4, 0.5) is 5.69 Å². The van der Waals surface area contributed by atoms with E-state index in [2.05, 4.69) is 5.32 Å². The minimum absolute atomic E-state index is 0.0125. The van der Waals surface area contributed by atoms with Crippen LogP contribution in [-0.2, 0) is 4.79 Å². The third-order valence-corrected chi connectivity index (χ3v) is 4.00. The summed E-state index contributed by atoms with van der Waals surface area (Å²) in [5.74, 6) is 1.07. The van der Waals surface area contributed by atoms with Crippen LogP contribution in [0, 0.1) is 0 Å². The predicted octanol–water partition coefficient (Wildman–Crippen LogP) is 4.27. The van der Waals surface area contributed by atoms with Crippen molar-refractivity contribution in [1.82, 2.24) is 0 Å². The van der Waals surface area contributed by atoms with E-state index in [4.69, 9.17) is 0 Å². The number of anilines is 1. The van der Waals surface area contributed by atoms with Crippen molar-refractivity contribution in [3.63, 3.8) is 0 Å². The molecule has 0 aliphatic carbocycles. The predicted molar refractivity (Wildman–Crippen MR) is 97.9 cm³/mol. The highest BCUT2D eigenvalue weighted by Gasteiger charge is 2.04. The number of carbonyl (C=O) groups is 2. The van der Waals surface area contributed by atoms with Crippen molar-refractivity contribution in [2.24, 2.45) is 0 Å². The largest absolute Gasteiger partial charge is 0.325 e. The van der Waals surface area contributed by atoms with Gasteiger partial charge in [0.25, 0.3) is 0 Å². The van der Waals surface area contributed by atoms with E-state index in [9.17, 15) is 9.59 Å². The lowest BCUT2D eigenvalue weighted by atomic mass is 10.1. The monoisotopic (exact) mass is 325 g/mol. The van der Waals surface area contributed by atoms with Gasteiger partial charge in [0.2, 0.25) is 5.91 Å². The van der Waals surface area contributed by atoms with Crippen LogP contribution in [0.2, 0.25) is 0 Å². The second-order valence-electron chi connectivity index (χ2n) is 5.01. The second-order valence-corrected chi connectivity index (χ2v) is 6.04. The number of hydrogen-bond acceptors (Lipinski definition) is 3. The molecule has 0 aliphatic rings. The fraction of sp³-hybridized carbons (Fsp3) is 0.158. The van der Waals surface area contributed by atoms with Gasteiger partial charge in [-0.3, -0.25) is 9.59 Å².